The average Bonchev–Trinajstić information content (AvgIpc) is 3.10. The molecule has 0 N–H and O–H groups in total. The van der Waals surface area contributed by atoms with Gasteiger partial charge in [-0.15, -0.1) is 0 Å². The Morgan fingerprint density at radius 3 is 1.55 bits per heavy atom. The molecule has 44 heavy (non-hydrogen) atoms. The van der Waals surface area contributed by atoms with E-state index in [9.17, 15) is 0 Å². The maximum Gasteiger partial charge on any atom is 0.0972 e. The summed E-state index contributed by atoms with van der Waals surface area (Å²) in [5.41, 5.74) is 8.96. The van der Waals surface area contributed by atoms with Crippen LogP contribution in [0, 0.1) is 0 Å². The molecule has 0 amide bonds. The van der Waals surface area contributed by atoms with E-state index in [-0.39, 0.29) is 0 Å². The quantitative estimate of drug-likeness (QED) is 0.159. The molecule has 0 fully saturated rings. The van der Waals surface area contributed by atoms with E-state index in [1.807, 2.05) is 12.3 Å². The number of benzene rings is 7. The Morgan fingerprint density at radius 2 is 0.864 bits per heavy atom. The van der Waals surface area contributed by atoms with Crippen molar-refractivity contribution in [3.05, 3.63) is 158 Å². The van der Waals surface area contributed by atoms with Crippen molar-refractivity contribution in [2.24, 2.45) is 0 Å². The maximum absolute atomic E-state index is 5.08. The van der Waals surface area contributed by atoms with Crippen molar-refractivity contribution < 1.29 is 0 Å². The molecule has 0 spiro atoms. The summed E-state index contributed by atoms with van der Waals surface area (Å²) < 4.78 is 0. The molecule has 2 heteroatoms. The minimum absolute atomic E-state index is 0.939. The highest BCUT2D eigenvalue weighted by Crippen LogP contribution is 2.44. The standard InChI is InChI=1S/C42H26N2/c1-2-9-27(10-3-1)39-34-12-4-6-14-36(34)40(37-15-7-5-13-35(37)39)33-21-19-30-25-32(20-18-31(30)26-33)38-23-22-29-17-16-28-11-8-24-43-41(28)42(29)44-38/h1-26H. The fraction of sp³-hybridized carbons (Fsp3) is 0. The van der Waals surface area contributed by atoms with Gasteiger partial charge < -0.3 is 0 Å². The molecule has 0 aliphatic heterocycles. The van der Waals surface area contributed by atoms with Crippen LogP contribution in [-0.4, -0.2) is 9.97 Å². The number of hydrogen-bond acceptors (Lipinski definition) is 2. The highest BCUT2D eigenvalue weighted by atomic mass is 14.7. The van der Waals surface area contributed by atoms with Crippen LogP contribution in [0.4, 0.5) is 0 Å². The van der Waals surface area contributed by atoms with Gasteiger partial charge in [0.2, 0.25) is 0 Å². The third-order valence-electron chi connectivity index (χ3n) is 8.85. The van der Waals surface area contributed by atoms with Crippen LogP contribution in [0.5, 0.6) is 0 Å². The van der Waals surface area contributed by atoms with Crippen LogP contribution in [0.3, 0.4) is 0 Å². The van der Waals surface area contributed by atoms with Crippen LogP contribution >= 0.6 is 0 Å². The molecule has 0 bridgehead atoms. The largest absolute Gasteiger partial charge is 0.254 e. The molecule has 2 aromatic heterocycles. The number of fused-ring (bicyclic) bond motifs is 6. The first-order valence-electron chi connectivity index (χ1n) is 15.0. The first kappa shape index (κ1) is 24.7. The Kier molecular flexibility index (Phi) is 5.54. The van der Waals surface area contributed by atoms with Gasteiger partial charge in [0, 0.05) is 22.5 Å². The van der Waals surface area contributed by atoms with Gasteiger partial charge >= 0.3 is 0 Å². The number of pyridine rings is 2. The van der Waals surface area contributed by atoms with E-state index in [2.05, 4.69) is 151 Å². The Morgan fingerprint density at radius 1 is 0.341 bits per heavy atom. The van der Waals surface area contributed by atoms with Crippen molar-refractivity contribution in [3.63, 3.8) is 0 Å². The third-order valence-corrected chi connectivity index (χ3v) is 8.85. The van der Waals surface area contributed by atoms with Crippen LogP contribution in [-0.2, 0) is 0 Å². The van der Waals surface area contributed by atoms with Crippen molar-refractivity contribution in [1.82, 2.24) is 9.97 Å². The van der Waals surface area contributed by atoms with Crippen LogP contribution in [0.25, 0.3) is 87.6 Å². The van der Waals surface area contributed by atoms with E-state index in [0.717, 1.165) is 33.1 Å². The Balaban J connectivity index is 1.21. The SMILES string of the molecule is c1ccc(-c2c3ccccc3c(-c3ccc4cc(-c5ccc6ccc7cccnc7c6n5)ccc4c3)c3ccccc23)cc1. The van der Waals surface area contributed by atoms with E-state index in [4.69, 9.17) is 4.98 Å². The Bertz CT molecular complexity index is 2490. The minimum atomic E-state index is 0.939. The number of aromatic nitrogens is 2. The summed E-state index contributed by atoms with van der Waals surface area (Å²) in [5, 5.41) is 9.68. The second-order valence-corrected chi connectivity index (χ2v) is 11.4. The molecule has 0 unspecified atom stereocenters. The molecule has 2 nitrogen and oxygen atoms in total. The summed E-state index contributed by atoms with van der Waals surface area (Å²) in [6, 6.07) is 54.5. The van der Waals surface area contributed by atoms with E-state index in [0.29, 0.717) is 0 Å². The van der Waals surface area contributed by atoms with Crippen molar-refractivity contribution >= 4 is 54.1 Å². The lowest BCUT2D eigenvalue weighted by atomic mass is 9.85. The first-order chi connectivity index (χ1) is 21.8. The topological polar surface area (TPSA) is 25.8 Å². The monoisotopic (exact) mass is 558 g/mol. The molecule has 0 saturated heterocycles. The third kappa shape index (κ3) is 3.89. The van der Waals surface area contributed by atoms with Gasteiger partial charge in [-0.2, -0.15) is 0 Å². The van der Waals surface area contributed by atoms with E-state index < -0.39 is 0 Å². The van der Waals surface area contributed by atoms with Crippen LogP contribution < -0.4 is 0 Å². The van der Waals surface area contributed by atoms with E-state index >= 15 is 0 Å². The zero-order valence-electron chi connectivity index (χ0n) is 23.9. The lowest BCUT2D eigenvalue weighted by Crippen LogP contribution is -1.91. The van der Waals surface area contributed by atoms with E-state index in [1.54, 1.807) is 0 Å². The summed E-state index contributed by atoms with van der Waals surface area (Å²) in [5.74, 6) is 0. The van der Waals surface area contributed by atoms with Crippen molar-refractivity contribution in [2.75, 3.05) is 0 Å². The average molecular weight is 559 g/mol. The van der Waals surface area contributed by atoms with Gasteiger partial charge in [-0.25, -0.2) is 4.98 Å². The van der Waals surface area contributed by atoms with Crippen molar-refractivity contribution in [2.45, 2.75) is 0 Å². The zero-order valence-corrected chi connectivity index (χ0v) is 23.9. The van der Waals surface area contributed by atoms with Crippen LogP contribution in [0.15, 0.2) is 158 Å². The molecular formula is C42H26N2. The molecule has 0 aliphatic carbocycles. The van der Waals surface area contributed by atoms with Crippen LogP contribution in [0.2, 0.25) is 0 Å². The highest BCUT2D eigenvalue weighted by molar-refractivity contribution is 6.21. The smallest absolute Gasteiger partial charge is 0.0972 e. The van der Waals surface area contributed by atoms with Gasteiger partial charge in [-0.3, -0.25) is 4.98 Å². The fourth-order valence-corrected chi connectivity index (χ4v) is 6.80. The number of rotatable bonds is 3. The summed E-state index contributed by atoms with van der Waals surface area (Å²) in [6.45, 7) is 0. The van der Waals surface area contributed by atoms with Gasteiger partial charge in [0.05, 0.1) is 16.7 Å². The summed E-state index contributed by atoms with van der Waals surface area (Å²) in [6.07, 6.45) is 1.84. The molecule has 9 rings (SSSR count). The molecule has 7 aromatic carbocycles. The predicted molar refractivity (Wildman–Crippen MR) is 186 cm³/mol. The molecule has 0 saturated carbocycles. The number of nitrogens with zero attached hydrogens (tertiary/aromatic N) is 2. The summed E-state index contributed by atoms with van der Waals surface area (Å²) in [4.78, 5) is 9.72. The van der Waals surface area contributed by atoms with Crippen LogP contribution in [0.1, 0.15) is 0 Å². The van der Waals surface area contributed by atoms with Crippen molar-refractivity contribution in [3.8, 4) is 33.5 Å². The summed E-state index contributed by atoms with van der Waals surface area (Å²) in [7, 11) is 0. The normalized spacial score (nSPS) is 11.6. The maximum atomic E-state index is 5.08. The molecule has 0 aliphatic rings. The minimum Gasteiger partial charge on any atom is -0.254 e. The molecule has 9 aromatic rings. The van der Waals surface area contributed by atoms with E-state index in [1.165, 1.54) is 54.6 Å². The van der Waals surface area contributed by atoms with Gasteiger partial charge in [0.25, 0.3) is 0 Å². The highest BCUT2D eigenvalue weighted by Gasteiger charge is 2.16. The van der Waals surface area contributed by atoms with Crippen molar-refractivity contribution in [1.29, 1.82) is 0 Å². The molecule has 2 heterocycles. The lowest BCUT2D eigenvalue weighted by molar-refractivity contribution is 1.37. The molecule has 0 atom stereocenters. The Labute approximate surface area is 254 Å². The predicted octanol–water partition coefficient (Wildman–Crippen LogP) is 11.2. The second kappa shape index (κ2) is 9.86. The zero-order chi connectivity index (χ0) is 29.0. The molecule has 204 valence electrons. The number of hydrogen-bond donors (Lipinski definition) is 0. The Hall–Kier alpha value is -5.86. The van der Waals surface area contributed by atoms with Gasteiger partial charge in [-0.1, -0.05) is 127 Å². The first-order valence-corrected chi connectivity index (χ1v) is 15.0. The van der Waals surface area contributed by atoms with Gasteiger partial charge in [-0.05, 0) is 78.8 Å². The van der Waals surface area contributed by atoms with Gasteiger partial charge in [0.15, 0.2) is 0 Å². The second-order valence-electron chi connectivity index (χ2n) is 11.4. The lowest BCUT2D eigenvalue weighted by Gasteiger charge is -2.18. The summed E-state index contributed by atoms with van der Waals surface area (Å²) >= 11 is 0. The fourth-order valence-electron chi connectivity index (χ4n) is 6.80. The molecular weight excluding hydrogens is 532 g/mol. The molecule has 0 radical (unpaired) electrons. The van der Waals surface area contributed by atoms with Gasteiger partial charge in [0.1, 0.15) is 0 Å².